The minimum atomic E-state index is -0.0447. The average molecular weight is 338 g/mol. The van der Waals surface area contributed by atoms with Crippen molar-refractivity contribution in [2.24, 2.45) is 0 Å². The van der Waals surface area contributed by atoms with Crippen molar-refractivity contribution in [1.82, 2.24) is 10.2 Å². The molecule has 1 aliphatic heterocycles. The lowest BCUT2D eigenvalue weighted by atomic mass is 10.2. The predicted molar refractivity (Wildman–Crippen MR) is 94.5 cm³/mol. The van der Waals surface area contributed by atoms with Gasteiger partial charge in [0, 0.05) is 36.8 Å². The fourth-order valence-electron chi connectivity index (χ4n) is 2.63. The van der Waals surface area contributed by atoms with Crippen LogP contribution in [0, 0.1) is 0 Å². The van der Waals surface area contributed by atoms with Crippen LogP contribution in [0.15, 0.2) is 30.4 Å². The summed E-state index contributed by atoms with van der Waals surface area (Å²) in [6.45, 7) is 2.37. The highest BCUT2D eigenvalue weighted by Gasteiger charge is 2.25. The summed E-state index contributed by atoms with van der Waals surface area (Å²) in [6.07, 6.45) is 4.37. The summed E-state index contributed by atoms with van der Waals surface area (Å²) in [5, 5.41) is 3.73. The number of carbonyl (C=O) groups is 1. The van der Waals surface area contributed by atoms with E-state index in [1.165, 1.54) is 0 Å². The van der Waals surface area contributed by atoms with Crippen LogP contribution < -0.4 is 15.0 Å². The topological polar surface area (TPSA) is 44.8 Å². The van der Waals surface area contributed by atoms with Gasteiger partial charge in [0.2, 0.25) is 5.91 Å². The summed E-state index contributed by atoms with van der Waals surface area (Å²) in [6, 6.07) is 5.72. The summed E-state index contributed by atoms with van der Waals surface area (Å²) in [7, 11) is 5.59. The molecule has 0 bridgehead atoms. The minimum absolute atomic E-state index is 0.0447. The Morgan fingerprint density at radius 2 is 2.30 bits per heavy atom. The van der Waals surface area contributed by atoms with E-state index in [9.17, 15) is 4.79 Å². The molecule has 0 radical (unpaired) electrons. The molecule has 1 aliphatic rings. The van der Waals surface area contributed by atoms with E-state index in [1.54, 1.807) is 13.2 Å². The third-order valence-corrected chi connectivity index (χ3v) is 3.99. The van der Waals surface area contributed by atoms with Crippen LogP contribution in [-0.4, -0.2) is 57.7 Å². The first-order valence-electron chi connectivity index (χ1n) is 7.70. The molecule has 2 rings (SSSR count). The number of benzene rings is 1. The second-order valence-electron chi connectivity index (χ2n) is 5.92. The Balaban J connectivity index is 1.92. The first kappa shape index (κ1) is 17.6. The van der Waals surface area contributed by atoms with Crippen molar-refractivity contribution in [3.63, 3.8) is 0 Å². The van der Waals surface area contributed by atoms with Crippen molar-refractivity contribution >= 4 is 23.2 Å². The summed E-state index contributed by atoms with van der Waals surface area (Å²) in [5.41, 5.74) is 0.972. The fourth-order valence-corrected chi connectivity index (χ4v) is 2.79. The van der Waals surface area contributed by atoms with Gasteiger partial charge in [0.1, 0.15) is 5.75 Å². The van der Waals surface area contributed by atoms with Crippen molar-refractivity contribution in [3.05, 3.63) is 35.4 Å². The Morgan fingerprint density at radius 1 is 1.52 bits per heavy atom. The molecule has 1 atom stereocenters. The first-order chi connectivity index (χ1) is 11.0. The van der Waals surface area contributed by atoms with E-state index in [0.29, 0.717) is 5.02 Å². The Labute approximate surface area is 142 Å². The van der Waals surface area contributed by atoms with Crippen LogP contribution in [-0.2, 0) is 4.79 Å². The Morgan fingerprint density at radius 3 is 3.00 bits per heavy atom. The number of rotatable bonds is 6. The molecule has 1 heterocycles. The lowest BCUT2D eigenvalue weighted by Crippen LogP contribution is -2.36. The molecule has 5 nitrogen and oxygen atoms in total. The lowest BCUT2D eigenvalue weighted by Gasteiger charge is -2.21. The summed E-state index contributed by atoms with van der Waals surface area (Å²) in [5.74, 6) is 0.754. The van der Waals surface area contributed by atoms with E-state index in [1.807, 2.05) is 43.3 Å². The molecule has 0 aliphatic carbocycles. The first-order valence-corrected chi connectivity index (χ1v) is 8.07. The third-order valence-electron chi connectivity index (χ3n) is 3.76. The van der Waals surface area contributed by atoms with Gasteiger partial charge >= 0.3 is 0 Å². The number of hydrogen-bond donors (Lipinski definition) is 1. The van der Waals surface area contributed by atoms with Crippen molar-refractivity contribution in [1.29, 1.82) is 0 Å². The lowest BCUT2D eigenvalue weighted by molar-refractivity contribution is -0.117. The number of likely N-dealkylation sites (N-methyl/N-ethyl adjacent to an activating group) is 1. The highest BCUT2D eigenvalue weighted by Crippen LogP contribution is 2.33. The summed E-state index contributed by atoms with van der Waals surface area (Å²) >= 11 is 6.09. The predicted octanol–water partition coefficient (Wildman–Crippen LogP) is 2.16. The summed E-state index contributed by atoms with van der Waals surface area (Å²) < 4.78 is 5.40. The minimum Gasteiger partial charge on any atom is -0.495 e. The van der Waals surface area contributed by atoms with Gasteiger partial charge in [-0.1, -0.05) is 17.7 Å². The van der Waals surface area contributed by atoms with Gasteiger partial charge in [0.25, 0.3) is 0 Å². The van der Waals surface area contributed by atoms with E-state index >= 15 is 0 Å². The van der Waals surface area contributed by atoms with Gasteiger partial charge in [-0.05, 0) is 38.7 Å². The number of anilines is 1. The van der Waals surface area contributed by atoms with E-state index in [0.717, 1.165) is 37.5 Å². The SMILES string of the molecule is COc1ccc(Cl)cc1N1CCC(NC(=O)/C=C/CN(C)C)C1. The number of halogens is 1. The monoisotopic (exact) mass is 337 g/mol. The van der Waals surface area contributed by atoms with Crippen molar-refractivity contribution in [3.8, 4) is 5.75 Å². The van der Waals surface area contributed by atoms with Gasteiger partial charge in [0.15, 0.2) is 0 Å². The molecule has 1 unspecified atom stereocenters. The van der Waals surface area contributed by atoms with Gasteiger partial charge in [0.05, 0.1) is 12.8 Å². The molecule has 23 heavy (non-hydrogen) atoms. The van der Waals surface area contributed by atoms with Crippen LogP contribution in [0.25, 0.3) is 0 Å². The number of ether oxygens (including phenoxy) is 1. The van der Waals surface area contributed by atoms with Crippen LogP contribution in [0.1, 0.15) is 6.42 Å². The second kappa shape index (κ2) is 8.22. The largest absolute Gasteiger partial charge is 0.495 e. The maximum absolute atomic E-state index is 11.9. The van der Waals surface area contributed by atoms with Gasteiger partial charge in [-0.25, -0.2) is 0 Å². The molecule has 0 spiro atoms. The van der Waals surface area contributed by atoms with Crippen LogP contribution in [0.2, 0.25) is 5.02 Å². The normalized spacial score (nSPS) is 18.0. The van der Waals surface area contributed by atoms with Gasteiger partial charge in [-0.2, -0.15) is 0 Å². The Hall–Kier alpha value is -1.72. The molecular formula is C17H24ClN3O2. The van der Waals surface area contributed by atoms with E-state index < -0.39 is 0 Å². The Kier molecular flexibility index (Phi) is 6.30. The maximum atomic E-state index is 11.9. The van der Waals surface area contributed by atoms with Crippen LogP contribution in [0.3, 0.4) is 0 Å². The number of amides is 1. The number of hydrogen-bond acceptors (Lipinski definition) is 4. The molecule has 126 valence electrons. The number of nitrogens with zero attached hydrogens (tertiary/aromatic N) is 2. The van der Waals surface area contributed by atoms with Crippen molar-refractivity contribution in [2.75, 3.05) is 45.7 Å². The average Bonchev–Trinajstić information content (AvgIpc) is 2.95. The van der Waals surface area contributed by atoms with Crippen LogP contribution >= 0.6 is 11.6 Å². The molecule has 0 saturated carbocycles. The van der Waals surface area contributed by atoms with Crippen LogP contribution in [0.4, 0.5) is 5.69 Å². The third kappa shape index (κ3) is 5.15. The number of methoxy groups -OCH3 is 1. The number of carbonyl (C=O) groups excluding carboxylic acids is 1. The quantitative estimate of drug-likeness (QED) is 0.808. The molecule has 6 heteroatoms. The van der Waals surface area contributed by atoms with Gasteiger partial charge in [-0.15, -0.1) is 0 Å². The zero-order valence-electron chi connectivity index (χ0n) is 13.9. The van der Waals surface area contributed by atoms with Crippen molar-refractivity contribution in [2.45, 2.75) is 12.5 Å². The molecule has 1 aromatic carbocycles. The fraction of sp³-hybridized carbons (Fsp3) is 0.471. The molecule has 1 N–H and O–H groups in total. The van der Waals surface area contributed by atoms with Crippen molar-refractivity contribution < 1.29 is 9.53 Å². The Bertz CT molecular complexity index is 575. The molecule has 0 aromatic heterocycles. The molecule has 1 aromatic rings. The zero-order chi connectivity index (χ0) is 16.8. The number of nitrogens with one attached hydrogen (secondary N) is 1. The molecule has 1 saturated heterocycles. The molecule has 1 fully saturated rings. The van der Waals surface area contributed by atoms with E-state index in [-0.39, 0.29) is 11.9 Å². The van der Waals surface area contributed by atoms with Crippen LogP contribution in [0.5, 0.6) is 5.75 Å². The second-order valence-corrected chi connectivity index (χ2v) is 6.36. The molecule has 1 amide bonds. The zero-order valence-corrected chi connectivity index (χ0v) is 14.6. The maximum Gasteiger partial charge on any atom is 0.243 e. The molecular weight excluding hydrogens is 314 g/mol. The summed E-state index contributed by atoms with van der Waals surface area (Å²) in [4.78, 5) is 16.1. The standard InChI is InChI=1S/C17H24ClN3O2/c1-20(2)9-4-5-17(22)19-14-8-10-21(12-14)15-11-13(18)6-7-16(15)23-3/h4-7,11,14H,8-10,12H2,1-3H3,(H,19,22)/b5-4+. The smallest absolute Gasteiger partial charge is 0.243 e. The van der Waals surface area contributed by atoms with E-state index in [4.69, 9.17) is 16.3 Å². The van der Waals surface area contributed by atoms with Gasteiger partial charge in [-0.3, -0.25) is 4.79 Å². The van der Waals surface area contributed by atoms with E-state index in [2.05, 4.69) is 10.2 Å². The van der Waals surface area contributed by atoms with Gasteiger partial charge < -0.3 is 19.9 Å². The highest BCUT2D eigenvalue weighted by molar-refractivity contribution is 6.30. The highest BCUT2D eigenvalue weighted by atomic mass is 35.5.